The minimum atomic E-state index is -4.92. The summed E-state index contributed by atoms with van der Waals surface area (Å²) in [7, 11) is 1.72. The van der Waals surface area contributed by atoms with E-state index in [-0.39, 0.29) is 11.2 Å². The minimum absolute atomic E-state index is 0.0875. The van der Waals surface area contributed by atoms with Crippen molar-refractivity contribution in [1.82, 2.24) is 19.1 Å². The highest BCUT2D eigenvalue weighted by molar-refractivity contribution is 6.13. The van der Waals surface area contributed by atoms with Gasteiger partial charge in [0.05, 0.1) is 39.8 Å². The van der Waals surface area contributed by atoms with E-state index < -0.39 is 34.8 Å². The Kier molecular flexibility index (Phi) is 7.51. The highest BCUT2D eigenvalue weighted by atomic mass is 19.4. The summed E-state index contributed by atoms with van der Waals surface area (Å²) >= 11 is 0. The number of imidazole rings is 1. The summed E-state index contributed by atoms with van der Waals surface area (Å²) in [5.74, 6) is -2.60. The van der Waals surface area contributed by atoms with Gasteiger partial charge < -0.3 is 4.57 Å². The molecule has 2 aromatic carbocycles. The number of aromatic nitrogens is 4. The van der Waals surface area contributed by atoms with Crippen LogP contribution in [-0.2, 0) is 28.2 Å². The van der Waals surface area contributed by atoms with Crippen LogP contribution in [0.25, 0.3) is 38.8 Å². The highest BCUT2D eigenvalue weighted by Gasteiger charge is 2.38. The third-order valence-electron chi connectivity index (χ3n) is 7.53. The van der Waals surface area contributed by atoms with E-state index in [4.69, 9.17) is 0 Å². The Morgan fingerprint density at radius 3 is 2.18 bits per heavy atom. The summed E-state index contributed by atoms with van der Waals surface area (Å²) in [4.78, 5) is 37.0. The number of rotatable bonds is 4. The second kappa shape index (κ2) is 11.0. The minimum Gasteiger partial charge on any atom is -0.311 e. The van der Waals surface area contributed by atoms with Crippen molar-refractivity contribution in [3.63, 3.8) is 0 Å². The lowest BCUT2D eigenvalue weighted by atomic mass is 9.86. The zero-order chi connectivity index (χ0) is 32.8. The molecule has 0 spiro atoms. The Hall–Kier alpha value is -5.82. The Labute approximate surface area is 254 Å². The number of halogens is 3. The second-order valence-corrected chi connectivity index (χ2v) is 10.9. The van der Waals surface area contributed by atoms with Crippen molar-refractivity contribution in [1.29, 1.82) is 10.5 Å². The van der Waals surface area contributed by atoms with Crippen LogP contribution >= 0.6 is 0 Å². The third-order valence-corrected chi connectivity index (χ3v) is 7.53. The van der Waals surface area contributed by atoms with Gasteiger partial charge in [-0.1, -0.05) is 18.2 Å². The molecule has 226 valence electrons. The first-order chi connectivity index (χ1) is 21.2. The first-order valence-corrected chi connectivity index (χ1v) is 13.5. The molecule has 5 aromatic rings. The molecule has 0 radical (unpaired) electrons. The lowest BCUT2D eigenvalue weighted by Gasteiger charge is -2.21. The van der Waals surface area contributed by atoms with Gasteiger partial charge in [0.25, 0.3) is 0 Å². The molecule has 0 N–H and O–H groups in total. The number of hydrogen-bond acceptors (Lipinski definition) is 7. The van der Waals surface area contributed by atoms with Crippen molar-refractivity contribution in [2.75, 3.05) is 4.90 Å². The average Bonchev–Trinajstić information content (AvgIpc) is 3.27. The quantitative estimate of drug-likeness (QED) is 0.241. The van der Waals surface area contributed by atoms with Crippen molar-refractivity contribution < 1.29 is 22.8 Å². The van der Waals surface area contributed by atoms with Crippen LogP contribution in [0, 0.1) is 22.8 Å². The zero-order valence-electron chi connectivity index (χ0n) is 24.8. The number of amides is 2. The maximum atomic E-state index is 14.2. The van der Waals surface area contributed by atoms with Crippen molar-refractivity contribution in [2.24, 2.45) is 12.0 Å². The Bertz CT molecular complexity index is 2170. The summed E-state index contributed by atoms with van der Waals surface area (Å²) in [5.41, 5.74) is 1.86. The largest absolute Gasteiger partial charge is 0.420 e. The molecule has 10 nitrogen and oxygen atoms in total. The van der Waals surface area contributed by atoms with Crippen molar-refractivity contribution in [2.45, 2.75) is 39.3 Å². The number of alkyl halides is 3. The van der Waals surface area contributed by atoms with Crippen molar-refractivity contribution >= 4 is 39.6 Å². The Morgan fingerprint density at radius 2 is 1.60 bits per heavy atom. The smallest absolute Gasteiger partial charge is 0.311 e. The zero-order valence-corrected chi connectivity index (χ0v) is 24.8. The van der Waals surface area contributed by atoms with E-state index in [2.05, 4.69) is 21.0 Å². The predicted octanol–water partition coefficient (Wildman–Crippen LogP) is 5.68. The average molecular weight is 611 g/mol. The first kappa shape index (κ1) is 30.6. The van der Waals surface area contributed by atoms with Gasteiger partial charge in [-0.05, 0) is 55.3 Å². The van der Waals surface area contributed by atoms with Crippen LogP contribution in [0.4, 0.5) is 19.0 Å². The molecule has 2 amide bonds. The lowest BCUT2D eigenvalue weighted by Crippen LogP contribution is -2.35. The number of pyridine rings is 2. The Morgan fingerprint density at radius 1 is 0.933 bits per heavy atom. The fourth-order valence-electron chi connectivity index (χ4n) is 5.21. The second-order valence-electron chi connectivity index (χ2n) is 10.9. The molecule has 5 rings (SSSR count). The molecule has 0 aliphatic rings. The molecule has 0 saturated carbocycles. The number of carbonyl (C=O) groups is 2. The molecule has 0 bridgehead atoms. The van der Waals surface area contributed by atoms with Crippen molar-refractivity contribution in [3.8, 4) is 29.1 Å². The molecule has 0 atom stereocenters. The van der Waals surface area contributed by atoms with E-state index in [0.29, 0.717) is 38.1 Å². The van der Waals surface area contributed by atoms with E-state index in [9.17, 15) is 33.3 Å². The predicted molar refractivity (Wildman–Crippen MR) is 159 cm³/mol. The number of nitrogens with zero attached hydrogens (tertiary/aromatic N) is 8. The normalized spacial score (nSPS) is 12.3. The van der Waals surface area contributed by atoms with E-state index in [0.717, 1.165) is 25.5 Å². The first-order valence-electron chi connectivity index (χ1n) is 13.5. The standard InChI is InChI=1S/C32H25F3N8O2/c1-18(44)42(19(2)45)29-25(32(33,34)35)13-21(14-39-29)20-6-11-26-24(12-20)28-27(15-38-26)41(5)30(40-17-37)43(28)23-9-7-22(8-10-23)31(3,4)16-36/h6-15H,1-5H3/b40-30-. The highest BCUT2D eigenvalue weighted by Crippen LogP contribution is 2.39. The van der Waals surface area contributed by atoms with Crippen LogP contribution in [0.1, 0.15) is 38.8 Å². The van der Waals surface area contributed by atoms with Gasteiger partial charge in [0.15, 0.2) is 5.82 Å². The fraction of sp³-hybridized carbons (Fsp3) is 0.219. The topological polar surface area (TPSA) is 133 Å². The van der Waals surface area contributed by atoms with Crippen LogP contribution in [0.15, 0.2) is 65.9 Å². The van der Waals surface area contributed by atoms with Crippen LogP contribution < -0.4 is 10.5 Å². The maximum Gasteiger partial charge on any atom is 0.420 e. The molecule has 3 heterocycles. The van der Waals surface area contributed by atoms with Crippen LogP contribution in [0.3, 0.4) is 0 Å². The maximum absolute atomic E-state index is 14.2. The van der Waals surface area contributed by atoms with Gasteiger partial charge in [0.2, 0.25) is 23.6 Å². The number of anilines is 1. The van der Waals surface area contributed by atoms with E-state index in [1.165, 1.54) is 6.20 Å². The summed E-state index contributed by atoms with van der Waals surface area (Å²) in [6.07, 6.45) is -0.303. The SMILES string of the molecule is CC(=O)N(C(C)=O)c1ncc(-c2ccc3ncc4c(c3c2)n(-c2ccc(C(C)(C)C#N)cc2)/c(=N\C#N)n4C)cc1C(F)(F)F. The summed E-state index contributed by atoms with van der Waals surface area (Å²) < 4.78 is 46.1. The number of imide groups is 1. The number of aryl methyl sites for hydroxylation is 1. The molecule has 0 aliphatic carbocycles. The number of benzene rings is 2. The summed E-state index contributed by atoms with van der Waals surface area (Å²) in [5, 5.41) is 19.6. The monoisotopic (exact) mass is 610 g/mol. The van der Waals surface area contributed by atoms with Crippen LogP contribution in [0.5, 0.6) is 0 Å². The molecule has 3 aromatic heterocycles. The van der Waals surface area contributed by atoms with E-state index in [1.807, 2.05) is 18.3 Å². The van der Waals surface area contributed by atoms with Gasteiger partial charge in [-0.25, -0.2) is 9.88 Å². The molecule has 45 heavy (non-hydrogen) atoms. The summed E-state index contributed by atoms with van der Waals surface area (Å²) in [6.45, 7) is 5.57. The van der Waals surface area contributed by atoms with E-state index in [1.54, 1.807) is 66.6 Å². The van der Waals surface area contributed by atoms with Gasteiger partial charge in [-0.15, -0.1) is 4.99 Å². The number of hydrogen-bond donors (Lipinski definition) is 0. The molecule has 0 saturated heterocycles. The van der Waals surface area contributed by atoms with Gasteiger partial charge >= 0.3 is 6.18 Å². The van der Waals surface area contributed by atoms with Crippen LogP contribution in [-0.4, -0.2) is 30.9 Å². The number of fused-ring (bicyclic) bond motifs is 3. The van der Waals surface area contributed by atoms with Crippen molar-refractivity contribution in [3.05, 3.63) is 77.7 Å². The van der Waals surface area contributed by atoms with E-state index >= 15 is 0 Å². The molecule has 0 fully saturated rings. The van der Waals surface area contributed by atoms with Gasteiger partial charge in [-0.3, -0.25) is 19.1 Å². The number of carbonyl (C=O) groups excluding carboxylic acids is 2. The lowest BCUT2D eigenvalue weighted by molar-refractivity contribution is -0.137. The fourth-order valence-corrected chi connectivity index (χ4v) is 5.21. The molecular formula is C32H25F3N8O2. The van der Waals surface area contributed by atoms with Crippen LogP contribution in [0.2, 0.25) is 0 Å². The summed E-state index contributed by atoms with van der Waals surface area (Å²) in [6, 6.07) is 15.3. The molecular weight excluding hydrogens is 585 g/mol. The molecule has 13 heteroatoms. The van der Waals surface area contributed by atoms with Gasteiger partial charge in [-0.2, -0.15) is 23.7 Å². The molecule has 0 aliphatic heterocycles. The van der Waals surface area contributed by atoms with Gasteiger partial charge in [0, 0.05) is 43.7 Å². The van der Waals surface area contributed by atoms with Gasteiger partial charge in [0.1, 0.15) is 0 Å². The number of nitriles is 2. The third kappa shape index (κ3) is 5.29. The Balaban J connectivity index is 1.79. The molecule has 0 unspecified atom stereocenters.